The van der Waals surface area contributed by atoms with E-state index in [2.05, 4.69) is 15.3 Å². The molecule has 4 rings (SSSR count). The SMILES string of the molecule is CC1CC(C(=O)NCc2cc(-c3cnc(C(F)(F)F)nc3)ccc2F)N(S(=O)(=O)c2ccc(F)cc2)C1. The van der Waals surface area contributed by atoms with Gasteiger partial charge >= 0.3 is 6.18 Å². The fourth-order valence-corrected chi connectivity index (χ4v) is 5.78. The molecule has 2 heterocycles. The van der Waals surface area contributed by atoms with E-state index in [0.29, 0.717) is 5.56 Å². The molecule has 0 bridgehead atoms. The molecule has 2 aromatic carbocycles. The van der Waals surface area contributed by atoms with E-state index in [1.807, 2.05) is 0 Å². The predicted octanol–water partition coefficient (Wildman–Crippen LogP) is 4.16. The van der Waals surface area contributed by atoms with E-state index in [-0.39, 0.29) is 41.5 Å². The molecule has 2 atom stereocenters. The van der Waals surface area contributed by atoms with Gasteiger partial charge in [0.15, 0.2) is 0 Å². The monoisotopic (exact) mass is 540 g/mol. The number of benzene rings is 2. The zero-order valence-electron chi connectivity index (χ0n) is 19.3. The van der Waals surface area contributed by atoms with Crippen molar-refractivity contribution in [1.82, 2.24) is 19.6 Å². The van der Waals surface area contributed by atoms with Crippen molar-refractivity contribution in [2.45, 2.75) is 37.0 Å². The van der Waals surface area contributed by atoms with E-state index in [1.54, 1.807) is 6.92 Å². The van der Waals surface area contributed by atoms with Crippen LogP contribution in [0.2, 0.25) is 0 Å². The maximum Gasteiger partial charge on any atom is 0.451 e. The molecule has 37 heavy (non-hydrogen) atoms. The number of sulfonamides is 1. The fraction of sp³-hybridized carbons (Fsp3) is 0.292. The number of carbonyl (C=O) groups excluding carboxylic acids is 1. The van der Waals surface area contributed by atoms with Crippen LogP contribution >= 0.6 is 0 Å². The van der Waals surface area contributed by atoms with Crippen molar-refractivity contribution in [3.8, 4) is 11.1 Å². The standard InChI is InChI=1S/C24H21F5N4O3S/c1-14-8-21(33(13-14)37(35,36)19-5-3-18(25)4-6-19)22(34)30-10-16-9-15(2-7-20(16)26)17-11-31-23(32-12-17)24(27,28)29/h2-7,9,11-12,14,21H,8,10,13H2,1H3,(H,30,34). The second kappa shape index (κ2) is 10.1. The van der Waals surface area contributed by atoms with Gasteiger partial charge in [-0.15, -0.1) is 0 Å². The lowest BCUT2D eigenvalue weighted by molar-refractivity contribution is -0.145. The van der Waals surface area contributed by atoms with Gasteiger partial charge < -0.3 is 5.32 Å². The van der Waals surface area contributed by atoms with Crippen molar-refractivity contribution < 1.29 is 35.2 Å². The zero-order valence-corrected chi connectivity index (χ0v) is 20.2. The number of aromatic nitrogens is 2. The zero-order chi connectivity index (χ0) is 27.0. The van der Waals surface area contributed by atoms with Crippen LogP contribution in [0.25, 0.3) is 11.1 Å². The lowest BCUT2D eigenvalue weighted by Gasteiger charge is -2.23. The summed E-state index contributed by atoms with van der Waals surface area (Å²) in [5, 5.41) is 2.55. The lowest BCUT2D eigenvalue weighted by atomic mass is 10.0. The van der Waals surface area contributed by atoms with Crippen molar-refractivity contribution in [2.24, 2.45) is 5.92 Å². The number of rotatable bonds is 6. The summed E-state index contributed by atoms with van der Waals surface area (Å²) < 4.78 is 93.1. The highest BCUT2D eigenvalue weighted by Crippen LogP contribution is 2.30. The first-order chi connectivity index (χ1) is 17.4. The fourth-order valence-electron chi connectivity index (χ4n) is 4.07. The highest BCUT2D eigenvalue weighted by molar-refractivity contribution is 7.89. The summed E-state index contributed by atoms with van der Waals surface area (Å²) in [6.45, 7) is 1.57. The van der Waals surface area contributed by atoms with Gasteiger partial charge in [0.1, 0.15) is 17.7 Å². The van der Waals surface area contributed by atoms with Crippen molar-refractivity contribution in [2.75, 3.05) is 6.54 Å². The van der Waals surface area contributed by atoms with E-state index in [4.69, 9.17) is 0 Å². The average molecular weight is 541 g/mol. The molecule has 1 amide bonds. The highest BCUT2D eigenvalue weighted by atomic mass is 32.2. The molecule has 7 nitrogen and oxygen atoms in total. The third-order valence-electron chi connectivity index (χ3n) is 5.93. The maximum atomic E-state index is 14.4. The first-order valence-corrected chi connectivity index (χ1v) is 12.5. The van der Waals surface area contributed by atoms with Gasteiger partial charge in [-0.25, -0.2) is 27.2 Å². The van der Waals surface area contributed by atoms with Crippen LogP contribution < -0.4 is 5.32 Å². The predicted molar refractivity (Wildman–Crippen MR) is 122 cm³/mol. The quantitative estimate of drug-likeness (QED) is 0.475. The summed E-state index contributed by atoms with van der Waals surface area (Å²) in [4.78, 5) is 19.4. The molecule has 13 heteroatoms. The number of nitrogens with zero attached hydrogens (tertiary/aromatic N) is 3. The number of alkyl halides is 3. The number of hydrogen-bond donors (Lipinski definition) is 1. The van der Waals surface area contributed by atoms with Gasteiger partial charge in [-0.3, -0.25) is 4.79 Å². The largest absolute Gasteiger partial charge is 0.451 e. The van der Waals surface area contributed by atoms with E-state index < -0.39 is 45.6 Å². The van der Waals surface area contributed by atoms with Crippen LogP contribution in [0.15, 0.2) is 59.8 Å². The molecular weight excluding hydrogens is 519 g/mol. The number of hydrogen-bond acceptors (Lipinski definition) is 5. The smallest absolute Gasteiger partial charge is 0.351 e. The van der Waals surface area contributed by atoms with E-state index in [0.717, 1.165) is 47.0 Å². The Kier molecular flexibility index (Phi) is 7.29. The van der Waals surface area contributed by atoms with Crippen LogP contribution in [0.4, 0.5) is 22.0 Å². The van der Waals surface area contributed by atoms with Gasteiger partial charge in [-0.1, -0.05) is 13.0 Å². The number of carbonyl (C=O) groups is 1. The molecule has 0 spiro atoms. The molecule has 1 aliphatic heterocycles. The van der Waals surface area contributed by atoms with Crippen molar-refractivity contribution in [3.05, 3.63) is 77.9 Å². The molecule has 196 valence electrons. The second-order valence-corrected chi connectivity index (χ2v) is 10.6. The first-order valence-electron chi connectivity index (χ1n) is 11.1. The highest BCUT2D eigenvalue weighted by Gasteiger charge is 2.42. The van der Waals surface area contributed by atoms with E-state index >= 15 is 0 Å². The normalized spacial score (nSPS) is 18.6. The first kappa shape index (κ1) is 26.6. The molecule has 0 radical (unpaired) electrons. The van der Waals surface area contributed by atoms with Gasteiger partial charge in [-0.2, -0.15) is 17.5 Å². The van der Waals surface area contributed by atoms with Crippen LogP contribution in [0.1, 0.15) is 24.7 Å². The average Bonchev–Trinajstić information content (AvgIpc) is 3.26. The summed E-state index contributed by atoms with van der Waals surface area (Å²) in [6.07, 6.45) is -2.54. The third kappa shape index (κ3) is 5.77. The number of amides is 1. The Morgan fingerprint density at radius 1 is 1.05 bits per heavy atom. The topological polar surface area (TPSA) is 92.3 Å². The molecular formula is C24H21F5N4O3S. The maximum absolute atomic E-state index is 14.4. The molecule has 1 N–H and O–H groups in total. The van der Waals surface area contributed by atoms with Crippen LogP contribution in [0.3, 0.4) is 0 Å². The van der Waals surface area contributed by atoms with Crippen molar-refractivity contribution >= 4 is 15.9 Å². The number of halogens is 5. The number of nitrogens with one attached hydrogen (secondary N) is 1. The molecule has 2 unspecified atom stereocenters. The minimum atomic E-state index is -4.70. The molecule has 3 aromatic rings. The minimum absolute atomic E-state index is 0.0322. The van der Waals surface area contributed by atoms with Crippen LogP contribution in [-0.2, 0) is 27.5 Å². The Labute approximate surface area is 209 Å². The Balaban J connectivity index is 1.50. The molecule has 1 aromatic heterocycles. The Hall–Kier alpha value is -3.45. The molecule has 0 saturated carbocycles. The molecule has 0 aliphatic carbocycles. The summed E-state index contributed by atoms with van der Waals surface area (Å²) in [5.41, 5.74) is 0.570. The Morgan fingerprint density at radius 3 is 2.32 bits per heavy atom. The van der Waals surface area contributed by atoms with E-state index in [9.17, 15) is 35.2 Å². The van der Waals surface area contributed by atoms with Crippen molar-refractivity contribution in [1.29, 1.82) is 0 Å². The minimum Gasteiger partial charge on any atom is -0.351 e. The van der Waals surface area contributed by atoms with Crippen LogP contribution in [0, 0.1) is 17.6 Å². The second-order valence-electron chi connectivity index (χ2n) is 8.70. The summed E-state index contributed by atoms with van der Waals surface area (Å²) in [6, 6.07) is 6.98. The lowest BCUT2D eigenvalue weighted by Crippen LogP contribution is -2.45. The van der Waals surface area contributed by atoms with Gasteiger partial charge in [0.25, 0.3) is 0 Å². The van der Waals surface area contributed by atoms with Gasteiger partial charge in [0.05, 0.1) is 4.90 Å². The summed E-state index contributed by atoms with van der Waals surface area (Å²) >= 11 is 0. The van der Waals surface area contributed by atoms with Crippen LogP contribution in [0.5, 0.6) is 0 Å². The molecule has 1 saturated heterocycles. The third-order valence-corrected chi connectivity index (χ3v) is 7.81. The van der Waals surface area contributed by atoms with Crippen LogP contribution in [-0.4, -0.2) is 41.2 Å². The Bertz CT molecular complexity index is 1400. The summed E-state index contributed by atoms with van der Waals surface area (Å²) in [5.74, 6) is -3.36. The van der Waals surface area contributed by atoms with Crippen molar-refractivity contribution in [3.63, 3.8) is 0 Å². The molecule has 1 aliphatic rings. The Morgan fingerprint density at radius 2 is 1.70 bits per heavy atom. The summed E-state index contributed by atoms with van der Waals surface area (Å²) in [7, 11) is -4.09. The van der Waals surface area contributed by atoms with E-state index in [1.165, 1.54) is 12.1 Å². The van der Waals surface area contributed by atoms with Gasteiger partial charge in [0, 0.05) is 36.6 Å². The van der Waals surface area contributed by atoms with Gasteiger partial charge in [-0.05, 0) is 54.3 Å². The van der Waals surface area contributed by atoms with Gasteiger partial charge in [0.2, 0.25) is 21.8 Å². The molecule has 1 fully saturated rings.